The molecule has 0 radical (unpaired) electrons. The summed E-state index contributed by atoms with van der Waals surface area (Å²) in [5.74, 6) is 0. The summed E-state index contributed by atoms with van der Waals surface area (Å²) in [4.78, 5) is 3.06. The summed E-state index contributed by atoms with van der Waals surface area (Å²) in [6.45, 7) is 6.46. The molecule has 0 saturated carbocycles. The van der Waals surface area contributed by atoms with Crippen molar-refractivity contribution < 1.29 is 0 Å². The van der Waals surface area contributed by atoms with Crippen LogP contribution in [-0.4, -0.2) is 0 Å². The van der Waals surface area contributed by atoms with Gasteiger partial charge in [0.25, 0.3) is 0 Å². The van der Waals surface area contributed by atoms with Crippen molar-refractivity contribution in [2.24, 2.45) is 0 Å². The standard InChI is InChI=1S/C14H15BrS/c1-9-4-6-12(8-10(9)2)14(15)13-7-5-11(3)16-13/h4-8,14H,1-3H3. The second-order valence-electron chi connectivity index (χ2n) is 4.15. The van der Waals surface area contributed by atoms with Crippen LogP contribution >= 0.6 is 27.3 Å². The SMILES string of the molecule is Cc1ccc(C(Br)c2ccc(C)c(C)c2)s1. The number of aryl methyl sites for hydroxylation is 3. The maximum Gasteiger partial charge on any atom is 0.0738 e. The number of thiophene rings is 1. The van der Waals surface area contributed by atoms with Gasteiger partial charge < -0.3 is 0 Å². The molecule has 1 aromatic carbocycles. The molecule has 0 N–H and O–H groups in total. The van der Waals surface area contributed by atoms with E-state index in [4.69, 9.17) is 0 Å². The minimum Gasteiger partial charge on any atom is -0.144 e. The first-order chi connectivity index (χ1) is 7.58. The van der Waals surface area contributed by atoms with E-state index in [9.17, 15) is 0 Å². The number of hydrogen-bond acceptors (Lipinski definition) is 1. The highest BCUT2D eigenvalue weighted by Gasteiger charge is 2.12. The number of halogens is 1. The van der Waals surface area contributed by atoms with Gasteiger partial charge in [-0.3, -0.25) is 0 Å². The van der Waals surface area contributed by atoms with E-state index in [1.165, 1.54) is 26.4 Å². The summed E-state index contributed by atoms with van der Waals surface area (Å²) in [7, 11) is 0. The van der Waals surface area contributed by atoms with E-state index in [0.717, 1.165) is 0 Å². The van der Waals surface area contributed by atoms with Crippen molar-refractivity contribution in [2.45, 2.75) is 25.6 Å². The molecule has 0 aliphatic rings. The average Bonchev–Trinajstić information content (AvgIpc) is 2.68. The van der Waals surface area contributed by atoms with Crippen molar-refractivity contribution in [1.82, 2.24) is 0 Å². The Morgan fingerprint density at radius 1 is 1.00 bits per heavy atom. The molecule has 1 aromatic heterocycles. The fraction of sp³-hybridized carbons (Fsp3) is 0.286. The third-order valence-electron chi connectivity index (χ3n) is 2.83. The first kappa shape index (κ1) is 11.9. The highest BCUT2D eigenvalue weighted by atomic mass is 79.9. The zero-order chi connectivity index (χ0) is 11.7. The maximum absolute atomic E-state index is 3.78. The molecule has 0 amide bonds. The second-order valence-corrected chi connectivity index (χ2v) is 6.39. The highest BCUT2D eigenvalue weighted by molar-refractivity contribution is 9.09. The van der Waals surface area contributed by atoms with Gasteiger partial charge in [0.15, 0.2) is 0 Å². The van der Waals surface area contributed by atoms with E-state index in [1.807, 2.05) is 11.3 Å². The monoisotopic (exact) mass is 294 g/mol. The molecule has 2 aromatic rings. The van der Waals surface area contributed by atoms with Crippen LogP contribution in [0.3, 0.4) is 0 Å². The molecule has 0 saturated heterocycles. The van der Waals surface area contributed by atoms with Crippen LogP contribution in [0.2, 0.25) is 0 Å². The van der Waals surface area contributed by atoms with Gasteiger partial charge in [-0.1, -0.05) is 34.1 Å². The van der Waals surface area contributed by atoms with E-state index < -0.39 is 0 Å². The van der Waals surface area contributed by atoms with Crippen LogP contribution in [0.5, 0.6) is 0 Å². The number of alkyl halides is 1. The molecule has 0 aliphatic carbocycles. The Hall–Kier alpha value is -0.600. The van der Waals surface area contributed by atoms with Gasteiger partial charge in [-0.2, -0.15) is 0 Å². The maximum atomic E-state index is 3.78. The van der Waals surface area contributed by atoms with Gasteiger partial charge in [-0.05, 0) is 49.6 Å². The first-order valence-electron chi connectivity index (χ1n) is 5.35. The fourth-order valence-electron chi connectivity index (χ4n) is 1.68. The Labute approximate surface area is 109 Å². The van der Waals surface area contributed by atoms with Gasteiger partial charge in [0.1, 0.15) is 0 Å². The largest absolute Gasteiger partial charge is 0.144 e. The van der Waals surface area contributed by atoms with Crippen molar-refractivity contribution in [1.29, 1.82) is 0 Å². The molecule has 2 rings (SSSR count). The lowest BCUT2D eigenvalue weighted by Crippen LogP contribution is -1.91. The van der Waals surface area contributed by atoms with Crippen LogP contribution in [-0.2, 0) is 0 Å². The lowest BCUT2D eigenvalue weighted by molar-refractivity contribution is 1.19. The lowest BCUT2D eigenvalue weighted by Gasteiger charge is -2.10. The predicted octanol–water partition coefficient (Wildman–Crippen LogP) is 5.16. The molecule has 0 bridgehead atoms. The number of benzene rings is 1. The van der Waals surface area contributed by atoms with E-state index in [-0.39, 0.29) is 0 Å². The van der Waals surface area contributed by atoms with Crippen molar-refractivity contribution in [3.63, 3.8) is 0 Å². The molecule has 16 heavy (non-hydrogen) atoms. The van der Waals surface area contributed by atoms with E-state index in [2.05, 4.69) is 67.0 Å². The van der Waals surface area contributed by atoms with Crippen LogP contribution in [0, 0.1) is 20.8 Å². The second kappa shape index (κ2) is 4.72. The van der Waals surface area contributed by atoms with Gasteiger partial charge in [-0.25, -0.2) is 0 Å². The number of hydrogen-bond donors (Lipinski definition) is 0. The van der Waals surface area contributed by atoms with Crippen molar-refractivity contribution >= 4 is 27.3 Å². The van der Waals surface area contributed by atoms with E-state index in [1.54, 1.807) is 0 Å². The molecular formula is C14H15BrS. The van der Waals surface area contributed by atoms with E-state index in [0.29, 0.717) is 4.83 Å². The summed E-state index contributed by atoms with van der Waals surface area (Å²) in [5.41, 5.74) is 4.05. The Morgan fingerprint density at radius 2 is 1.75 bits per heavy atom. The van der Waals surface area contributed by atoms with Crippen LogP contribution in [0.4, 0.5) is 0 Å². The fourth-order valence-corrected chi connectivity index (χ4v) is 3.28. The quantitative estimate of drug-likeness (QED) is 0.671. The summed E-state index contributed by atoms with van der Waals surface area (Å²) in [6.07, 6.45) is 0. The van der Waals surface area contributed by atoms with Crippen molar-refractivity contribution in [3.8, 4) is 0 Å². The summed E-state index contributed by atoms with van der Waals surface area (Å²) in [5, 5.41) is 0. The van der Waals surface area contributed by atoms with Crippen LogP contribution < -0.4 is 0 Å². The zero-order valence-electron chi connectivity index (χ0n) is 9.75. The molecule has 0 fully saturated rings. The van der Waals surface area contributed by atoms with E-state index >= 15 is 0 Å². The molecule has 1 atom stereocenters. The van der Waals surface area contributed by atoms with Crippen LogP contribution in [0.15, 0.2) is 30.3 Å². The summed E-state index contributed by atoms with van der Waals surface area (Å²) >= 11 is 5.63. The van der Waals surface area contributed by atoms with Gasteiger partial charge >= 0.3 is 0 Å². The zero-order valence-corrected chi connectivity index (χ0v) is 12.2. The van der Waals surface area contributed by atoms with Gasteiger partial charge in [-0.15, -0.1) is 11.3 Å². The normalized spacial score (nSPS) is 12.8. The topological polar surface area (TPSA) is 0 Å². The van der Waals surface area contributed by atoms with Crippen molar-refractivity contribution in [2.75, 3.05) is 0 Å². The lowest BCUT2D eigenvalue weighted by atomic mass is 10.0. The molecular weight excluding hydrogens is 280 g/mol. The molecule has 0 aliphatic heterocycles. The minimum atomic E-state index is 0.325. The molecule has 84 valence electrons. The number of rotatable bonds is 2. The first-order valence-corrected chi connectivity index (χ1v) is 7.08. The van der Waals surface area contributed by atoms with Crippen LogP contribution in [0.25, 0.3) is 0 Å². The smallest absolute Gasteiger partial charge is 0.0738 e. The summed E-state index contributed by atoms with van der Waals surface area (Å²) in [6, 6.07) is 11.0. The Balaban J connectivity index is 2.33. The Bertz CT molecular complexity index is 499. The molecule has 0 spiro atoms. The Kier molecular flexibility index (Phi) is 3.50. The van der Waals surface area contributed by atoms with Crippen LogP contribution in [0.1, 0.15) is 31.3 Å². The third-order valence-corrected chi connectivity index (χ3v) is 5.23. The van der Waals surface area contributed by atoms with Gasteiger partial charge in [0.2, 0.25) is 0 Å². The van der Waals surface area contributed by atoms with Gasteiger partial charge in [0, 0.05) is 9.75 Å². The minimum absolute atomic E-state index is 0.325. The third kappa shape index (κ3) is 2.38. The van der Waals surface area contributed by atoms with Gasteiger partial charge in [0.05, 0.1) is 4.83 Å². The average molecular weight is 295 g/mol. The molecule has 1 unspecified atom stereocenters. The Morgan fingerprint density at radius 3 is 2.31 bits per heavy atom. The molecule has 1 heterocycles. The molecule has 2 heteroatoms. The highest BCUT2D eigenvalue weighted by Crippen LogP contribution is 2.35. The molecule has 0 nitrogen and oxygen atoms in total. The summed E-state index contributed by atoms with van der Waals surface area (Å²) < 4.78 is 0. The van der Waals surface area contributed by atoms with Crippen molar-refractivity contribution in [3.05, 3.63) is 56.8 Å². The predicted molar refractivity (Wildman–Crippen MR) is 75.7 cm³/mol.